The van der Waals surface area contributed by atoms with Crippen LogP contribution in [0.1, 0.15) is 27.2 Å². The molecule has 0 bridgehead atoms. The van der Waals surface area contributed by atoms with E-state index >= 15 is 0 Å². The molecule has 0 saturated heterocycles. The van der Waals surface area contributed by atoms with Crippen molar-refractivity contribution in [1.82, 2.24) is 4.90 Å². The smallest absolute Gasteiger partial charge is 0.227 e. The van der Waals surface area contributed by atoms with Gasteiger partial charge in [-0.25, -0.2) is 0 Å². The van der Waals surface area contributed by atoms with Crippen LogP contribution in [0, 0.1) is 0 Å². The molecule has 1 aliphatic heterocycles. The van der Waals surface area contributed by atoms with E-state index in [4.69, 9.17) is 23.4 Å². The number of carbonyl (C=O) groups is 1. The summed E-state index contributed by atoms with van der Waals surface area (Å²) in [4.78, 5) is 27.0. The summed E-state index contributed by atoms with van der Waals surface area (Å²) in [5.74, 6) is 2.37. The molecule has 178 valence electrons. The van der Waals surface area contributed by atoms with Crippen molar-refractivity contribution in [3.8, 4) is 23.0 Å². The van der Waals surface area contributed by atoms with Crippen LogP contribution in [0.15, 0.2) is 57.9 Å². The molecule has 34 heavy (non-hydrogen) atoms. The van der Waals surface area contributed by atoms with Gasteiger partial charge in [0.1, 0.15) is 17.8 Å². The van der Waals surface area contributed by atoms with Gasteiger partial charge in [-0.05, 0) is 53.9 Å². The van der Waals surface area contributed by atoms with Crippen LogP contribution in [0.5, 0.6) is 23.0 Å². The average Bonchev–Trinajstić information content (AvgIpc) is 2.87. The highest BCUT2D eigenvalue weighted by Crippen LogP contribution is 2.33. The molecule has 1 aliphatic rings. The van der Waals surface area contributed by atoms with Crippen LogP contribution in [0.2, 0.25) is 0 Å². The molecule has 0 unspecified atom stereocenters. The zero-order chi connectivity index (χ0) is 24.1. The Hall–Kier alpha value is -3.78. The molecule has 0 fully saturated rings. The van der Waals surface area contributed by atoms with E-state index in [1.54, 1.807) is 45.6 Å². The first-order chi connectivity index (χ1) is 16.5. The second kappa shape index (κ2) is 10.4. The van der Waals surface area contributed by atoms with Crippen molar-refractivity contribution >= 4 is 5.78 Å². The van der Waals surface area contributed by atoms with Crippen LogP contribution >= 0.6 is 0 Å². The molecule has 0 spiro atoms. The quantitative estimate of drug-likeness (QED) is 0.444. The van der Waals surface area contributed by atoms with E-state index in [9.17, 15) is 9.59 Å². The molecule has 3 aromatic rings. The molecule has 8 nitrogen and oxygen atoms in total. The number of Topliss-reactive ketones (excluding diaryl/α,β-unsaturated/α-hetero) is 1. The Morgan fingerprint density at radius 1 is 0.941 bits per heavy atom. The number of ether oxygens (including phenoxy) is 4. The molecule has 2 aromatic carbocycles. The van der Waals surface area contributed by atoms with Gasteiger partial charge in [-0.3, -0.25) is 14.5 Å². The van der Waals surface area contributed by atoms with E-state index in [-0.39, 0.29) is 23.6 Å². The zero-order valence-electron chi connectivity index (χ0n) is 19.5. The first-order valence-electron chi connectivity index (χ1n) is 10.9. The number of fused-ring (bicyclic) bond motifs is 1. The summed E-state index contributed by atoms with van der Waals surface area (Å²) in [5.41, 5.74) is 2.53. The molecule has 0 N–H and O–H groups in total. The van der Waals surface area contributed by atoms with Crippen LogP contribution in [-0.4, -0.2) is 45.2 Å². The molecule has 1 aromatic heterocycles. The number of rotatable bonds is 9. The van der Waals surface area contributed by atoms with Gasteiger partial charge in [-0.2, -0.15) is 0 Å². The van der Waals surface area contributed by atoms with Crippen molar-refractivity contribution in [1.29, 1.82) is 0 Å². The fourth-order valence-corrected chi connectivity index (χ4v) is 3.93. The number of methoxy groups -OCH3 is 3. The third kappa shape index (κ3) is 5.23. The van der Waals surface area contributed by atoms with Crippen molar-refractivity contribution in [2.45, 2.75) is 19.5 Å². The number of hydrogen-bond acceptors (Lipinski definition) is 8. The minimum Gasteiger partial charge on any atom is -0.497 e. The first-order valence-corrected chi connectivity index (χ1v) is 10.9. The van der Waals surface area contributed by atoms with E-state index in [1.807, 2.05) is 12.1 Å². The maximum atomic E-state index is 12.5. The third-order valence-corrected chi connectivity index (χ3v) is 5.80. The van der Waals surface area contributed by atoms with Crippen molar-refractivity contribution in [2.75, 3.05) is 34.5 Å². The van der Waals surface area contributed by atoms with Gasteiger partial charge in [0.05, 0.1) is 27.9 Å². The molecular weight excluding hydrogens is 438 g/mol. The Morgan fingerprint density at radius 3 is 2.29 bits per heavy atom. The van der Waals surface area contributed by atoms with Crippen molar-refractivity contribution in [2.24, 2.45) is 0 Å². The lowest BCUT2D eigenvalue weighted by atomic mass is 9.98. The summed E-state index contributed by atoms with van der Waals surface area (Å²) in [6.07, 6.45) is 2.12. The van der Waals surface area contributed by atoms with Gasteiger partial charge in [-0.15, -0.1) is 0 Å². The molecule has 0 aliphatic carbocycles. The summed E-state index contributed by atoms with van der Waals surface area (Å²) in [6.45, 7) is 1.74. The van der Waals surface area contributed by atoms with Crippen molar-refractivity contribution in [3.05, 3.63) is 81.4 Å². The summed E-state index contributed by atoms with van der Waals surface area (Å²) >= 11 is 0. The highest BCUT2D eigenvalue weighted by molar-refractivity contribution is 5.97. The number of carbonyl (C=O) groups excluding carboxylic acids is 1. The van der Waals surface area contributed by atoms with Gasteiger partial charge in [0.2, 0.25) is 11.2 Å². The number of ketones is 1. The Kier molecular flexibility index (Phi) is 7.18. The summed E-state index contributed by atoms with van der Waals surface area (Å²) in [6, 6.07) is 12.1. The second-order valence-corrected chi connectivity index (χ2v) is 7.95. The maximum absolute atomic E-state index is 12.5. The molecule has 0 amide bonds. The molecule has 8 heteroatoms. The van der Waals surface area contributed by atoms with Crippen LogP contribution in [0.25, 0.3) is 0 Å². The van der Waals surface area contributed by atoms with Gasteiger partial charge in [0.15, 0.2) is 23.9 Å². The van der Waals surface area contributed by atoms with E-state index in [0.717, 1.165) is 24.3 Å². The van der Waals surface area contributed by atoms with Gasteiger partial charge >= 0.3 is 0 Å². The van der Waals surface area contributed by atoms with Gasteiger partial charge in [0.25, 0.3) is 0 Å². The van der Waals surface area contributed by atoms with Crippen LogP contribution in [0.3, 0.4) is 0 Å². The second-order valence-electron chi connectivity index (χ2n) is 7.95. The Balaban J connectivity index is 1.37. The predicted molar refractivity (Wildman–Crippen MR) is 125 cm³/mol. The van der Waals surface area contributed by atoms with Crippen LogP contribution in [-0.2, 0) is 19.5 Å². The van der Waals surface area contributed by atoms with Gasteiger partial charge in [-0.1, -0.05) is 0 Å². The fraction of sp³-hybridized carbons (Fsp3) is 0.308. The lowest BCUT2D eigenvalue weighted by Crippen LogP contribution is -2.30. The third-order valence-electron chi connectivity index (χ3n) is 5.80. The van der Waals surface area contributed by atoms with E-state index in [1.165, 1.54) is 17.9 Å². The van der Waals surface area contributed by atoms with E-state index in [2.05, 4.69) is 4.90 Å². The van der Waals surface area contributed by atoms with Gasteiger partial charge < -0.3 is 23.4 Å². The molecule has 0 saturated carbocycles. The minimum absolute atomic E-state index is 0.00596. The van der Waals surface area contributed by atoms with E-state index in [0.29, 0.717) is 35.9 Å². The molecule has 0 radical (unpaired) electrons. The predicted octanol–water partition coefficient (Wildman–Crippen LogP) is 3.49. The Morgan fingerprint density at radius 2 is 1.65 bits per heavy atom. The maximum Gasteiger partial charge on any atom is 0.227 e. The van der Waals surface area contributed by atoms with Crippen LogP contribution in [0.4, 0.5) is 0 Å². The number of benzene rings is 2. The monoisotopic (exact) mass is 465 g/mol. The van der Waals surface area contributed by atoms with E-state index < -0.39 is 0 Å². The zero-order valence-corrected chi connectivity index (χ0v) is 19.5. The summed E-state index contributed by atoms with van der Waals surface area (Å²) in [7, 11) is 4.80. The molecular formula is C26H27NO7. The summed E-state index contributed by atoms with van der Waals surface area (Å²) < 4.78 is 27.0. The standard InChI is InChI=1S/C26H27NO7/c1-30-20-6-4-17(5-7-20)23(29)15-34-26-16-33-21(12-22(26)28)14-27-9-8-18-10-24(31-2)25(32-3)11-19(18)13-27/h4-7,10-12,16H,8-9,13-15H2,1-3H3. The lowest BCUT2D eigenvalue weighted by molar-refractivity contribution is 0.0919. The highest BCUT2D eigenvalue weighted by Gasteiger charge is 2.20. The topological polar surface area (TPSA) is 87.4 Å². The Bertz CT molecular complexity index is 1220. The van der Waals surface area contributed by atoms with Crippen molar-refractivity contribution < 1.29 is 28.2 Å². The van der Waals surface area contributed by atoms with Crippen molar-refractivity contribution in [3.63, 3.8) is 0 Å². The van der Waals surface area contributed by atoms with Gasteiger partial charge in [0, 0.05) is 24.7 Å². The molecule has 4 rings (SSSR count). The average molecular weight is 466 g/mol. The lowest BCUT2D eigenvalue weighted by Gasteiger charge is -2.29. The van der Waals surface area contributed by atoms with Crippen LogP contribution < -0.4 is 24.4 Å². The number of nitrogens with zero attached hydrogens (tertiary/aromatic N) is 1. The largest absolute Gasteiger partial charge is 0.497 e. The number of hydrogen-bond donors (Lipinski definition) is 0. The summed E-state index contributed by atoms with van der Waals surface area (Å²) in [5, 5.41) is 0. The highest BCUT2D eigenvalue weighted by atomic mass is 16.5. The molecule has 0 atom stereocenters. The Labute approximate surface area is 197 Å². The SMILES string of the molecule is COc1ccc(C(=O)COc2coc(CN3CCc4cc(OC)c(OC)cc4C3)cc2=O)cc1. The first kappa shape index (κ1) is 23.4. The molecule has 2 heterocycles. The normalized spacial score (nSPS) is 13.1. The fourth-order valence-electron chi connectivity index (χ4n) is 3.93. The minimum atomic E-state index is -0.326.